The number of hydrogen-bond acceptors (Lipinski definition) is 3. The SMILES string of the molecule is CN=C(NCCC1CC1)N1CCC(OCC2CCCCO2)CC1.I. The van der Waals surface area contributed by atoms with Crippen LogP contribution in [0.5, 0.6) is 0 Å². The normalized spacial score (nSPS) is 26.1. The Bertz CT molecular complexity index is 376. The minimum Gasteiger partial charge on any atom is -0.376 e. The van der Waals surface area contributed by atoms with Gasteiger partial charge in [-0.1, -0.05) is 12.8 Å². The van der Waals surface area contributed by atoms with Gasteiger partial charge in [-0.05, 0) is 44.4 Å². The summed E-state index contributed by atoms with van der Waals surface area (Å²) in [5.41, 5.74) is 0. The molecule has 6 heteroatoms. The van der Waals surface area contributed by atoms with Crippen LogP contribution in [0.2, 0.25) is 0 Å². The second kappa shape index (κ2) is 10.8. The second-order valence-electron chi connectivity index (χ2n) is 7.21. The van der Waals surface area contributed by atoms with Crippen LogP contribution in [0.3, 0.4) is 0 Å². The average molecular weight is 451 g/mol. The molecule has 1 aliphatic carbocycles. The Labute approximate surface area is 164 Å². The lowest BCUT2D eigenvalue weighted by Gasteiger charge is -2.35. The molecule has 2 saturated heterocycles. The number of guanidine groups is 1. The maximum Gasteiger partial charge on any atom is 0.193 e. The first-order valence-corrected chi connectivity index (χ1v) is 9.54. The van der Waals surface area contributed by atoms with Crippen LogP contribution >= 0.6 is 24.0 Å². The number of ether oxygens (including phenoxy) is 2. The van der Waals surface area contributed by atoms with Gasteiger partial charge in [0.15, 0.2) is 5.96 Å². The van der Waals surface area contributed by atoms with Crippen molar-refractivity contribution in [1.82, 2.24) is 10.2 Å². The van der Waals surface area contributed by atoms with Crippen molar-refractivity contribution in [3.8, 4) is 0 Å². The molecular formula is C18H34IN3O2. The molecule has 3 fully saturated rings. The molecule has 2 aliphatic heterocycles. The van der Waals surface area contributed by atoms with Gasteiger partial charge < -0.3 is 19.7 Å². The summed E-state index contributed by atoms with van der Waals surface area (Å²) >= 11 is 0. The molecule has 5 nitrogen and oxygen atoms in total. The topological polar surface area (TPSA) is 46.1 Å². The van der Waals surface area contributed by atoms with Gasteiger partial charge in [0.05, 0.1) is 18.8 Å². The summed E-state index contributed by atoms with van der Waals surface area (Å²) in [6, 6.07) is 0. The second-order valence-corrected chi connectivity index (χ2v) is 7.21. The largest absolute Gasteiger partial charge is 0.376 e. The van der Waals surface area contributed by atoms with Crippen molar-refractivity contribution < 1.29 is 9.47 Å². The molecule has 0 aromatic heterocycles. The van der Waals surface area contributed by atoms with Crippen LogP contribution in [0, 0.1) is 5.92 Å². The molecule has 1 saturated carbocycles. The van der Waals surface area contributed by atoms with E-state index in [2.05, 4.69) is 15.2 Å². The predicted molar refractivity (Wildman–Crippen MR) is 108 cm³/mol. The molecule has 0 bridgehead atoms. The highest BCUT2D eigenvalue weighted by molar-refractivity contribution is 14.0. The Morgan fingerprint density at radius 3 is 2.58 bits per heavy atom. The summed E-state index contributed by atoms with van der Waals surface area (Å²) in [6.07, 6.45) is 10.7. The summed E-state index contributed by atoms with van der Waals surface area (Å²) in [6.45, 7) is 4.83. The van der Waals surface area contributed by atoms with E-state index in [-0.39, 0.29) is 24.0 Å². The van der Waals surface area contributed by atoms with Gasteiger partial charge in [0.2, 0.25) is 0 Å². The van der Waals surface area contributed by atoms with E-state index in [1.165, 1.54) is 32.1 Å². The van der Waals surface area contributed by atoms with Crippen LogP contribution in [0.25, 0.3) is 0 Å². The third-order valence-electron chi connectivity index (χ3n) is 5.28. The van der Waals surface area contributed by atoms with E-state index < -0.39 is 0 Å². The molecule has 3 rings (SSSR count). The van der Waals surface area contributed by atoms with Crippen LogP contribution < -0.4 is 5.32 Å². The number of nitrogens with one attached hydrogen (secondary N) is 1. The zero-order valence-electron chi connectivity index (χ0n) is 15.0. The van der Waals surface area contributed by atoms with Crippen molar-refractivity contribution in [1.29, 1.82) is 0 Å². The standard InChI is InChI=1S/C18H33N3O2.HI/c1-19-18(20-10-7-15-5-6-15)21-11-8-16(9-12-21)23-14-17-4-2-3-13-22-17;/h15-17H,2-14H2,1H3,(H,19,20);1H. The highest BCUT2D eigenvalue weighted by Crippen LogP contribution is 2.31. The van der Waals surface area contributed by atoms with Crippen LogP contribution in [-0.2, 0) is 9.47 Å². The lowest BCUT2D eigenvalue weighted by atomic mass is 10.1. The Morgan fingerprint density at radius 1 is 1.17 bits per heavy atom. The summed E-state index contributed by atoms with van der Waals surface area (Å²) in [4.78, 5) is 6.82. The molecular weight excluding hydrogens is 417 g/mol. The van der Waals surface area contributed by atoms with Gasteiger partial charge in [-0.3, -0.25) is 4.99 Å². The molecule has 1 N–H and O–H groups in total. The molecule has 2 heterocycles. The minimum absolute atomic E-state index is 0. The molecule has 0 radical (unpaired) electrons. The lowest BCUT2D eigenvalue weighted by Crippen LogP contribution is -2.47. The van der Waals surface area contributed by atoms with Crippen molar-refractivity contribution in [2.45, 2.75) is 63.6 Å². The van der Waals surface area contributed by atoms with Gasteiger partial charge in [0.1, 0.15) is 0 Å². The number of halogens is 1. The first kappa shape index (κ1) is 20.2. The van der Waals surface area contributed by atoms with Gasteiger partial charge >= 0.3 is 0 Å². The van der Waals surface area contributed by atoms with E-state index in [9.17, 15) is 0 Å². The maximum atomic E-state index is 6.09. The predicted octanol–water partition coefficient (Wildman–Crippen LogP) is 3.03. The van der Waals surface area contributed by atoms with Crippen molar-refractivity contribution in [3.05, 3.63) is 0 Å². The Morgan fingerprint density at radius 2 is 1.96 bits per heavy atom. The number of nitrogens with zero attached hydrogens (tertiary/aromatic N) is 2. The zero-order chi connectivity index (χ0) is 15.9. The number of hydrogen-bond donors (Lipinski definition) is 1. The smallest absolute Gasteiger partial charge is 0.193 e. The molecule has 140 valence electrons. The van der Waals surface area contributed by atoms with Crippen LogP contribution in [0.4, 0.5) is 0 Å². The Hall–Kier alpha value is -0.0800. The average Bonchev–Trinajstić information content (AvgIpc) is 3.43. The van der Waals surface area contributed by atoms with Crippen LogP contribution in [-0.4, -0.2) is 63.0 Å². The highest BCUT2D eigenvalue weighted by atomic mass is 127. The van der Waals surface area contributed by atoms with Crippen molar-refractivity contribution in [2.24, 2.45) is 10.9 Å². The lowest BCUT2D eigenvalue weighted by molar-refractivity contribution is -0.0721. The summed E-state index contributed by atoms with van der Waals surface area (Å²) in [7, 11) is 1.89. The van der Waals surface area contributed by atoms with Crippen LogP contribution in [0.15, 0.2) is 4.99 Å². The number of likely N-dealkylation sites (tertiary alicyclic amines) is 1. The van der Waals surface area contributed by atoms with Gasteiger partial charge in [0.25, 0.3) is 0 Å². The fourth-order valence-corrected chi connectivity index (χ4v) is 3.54. The van der Waals surface area contributed by atoms with E-state index in [1.54, 1.807) is 0 Å². The molecule has 3 aliphatic rings. The molecule has 1 unspecified atom stereocenters. The van der Waals surface area contributed by atoms with Gasteiger partial charge in [-0.25, -0.2) is 0 Å². The van der Waals surface area contributed by atoms with Gasteiger partial charge in [0, 0.05) is 33.3 Å². The molecule has 0 spiro atoms. The van der Waals surface area contributed by atoms with Crippen molar-refractivity contribution in [3.63, 3.8) is 0 Å². The molecule has 0 aromatic carbocycles. The number of piperidine rings is 1. The maximum absolute atomic E-state index is 6.09. The Balaban J connectivity index is 0.00000208. The molecule has 0 aromatic rings. The third-order valence-corrected chi connectivity index (χ3v) is 5.28. The first-order valence-electron chi connectivity index (χ1n) is 9.54. The van der Waals surface area contributed by atoms with E-state index in [0.29, 0.717) is 12.2 Å². The van der Waals surface area contributed by atoms with Crippen molar-refractivity contribution >= 4 is 29.9 Å². The Kier molecular flexibility index (Phi) is 9.11. The van der Waals surface area contributed by atoms with Crippen LogP contribution in [0.1, 0.15) is 51.4 Å². The fourth-order valence-electron chi connectivity index (χ4n) is 3.54. The quantitative estimate of drug-likeness (QED) is 0.383. The zero-order valence-corrected chi connectivity index (χ0v) is 17.4. The molecule has 0 amide bonds. The van der Waals surface area contributed by atoms with Crippen molar-refractivity contribution in [2.75, 3.05) is 39.9 Å². The molecule has 1 atom stereocenters. The first-order chi connectivity index (χ1) is 11.3. The van der Waals surface area contributed by atoms with Gasteiger partial charge in [-0.2, -0.15) is 0 Å². The fraction of sp³-hybridized carbons (Fsp3) is 0.944. The number of aliphatic imine (C=N–C) groups is 1. The van der Waals surface area contributed by atoms with E-state index in [1.807, 2.05) is 7.05 Å². The summed E-state index contributed by atoms with van der Waals surface area (Å²) < 4.78 is 11.8. The summed E-state index contributed by atoms with van der Waals surface area (Å²) in [5.74, 6) is 2.04. The highest BCUT2D eigenvalue weighted by Gasteiger charge is 2.24. The van der Waals surface area contributed by atoms with E-state index in [0.717, 1.165) is 64.0 Å². The summed E-state index contributed by atoms with van der Waals surface area (Å²) in [5, 5.41) is 3.52. The minimum atomic E-state index is 0. The van der Waals surface area contributed by atoms with Gasteiger partial charge in [-0.15, -0.1) is 24.0 Å². The van der Waals surface area contributed by atoms with E-state index >= 15 is 0 Å². The van der Waals surface area contributed by atoms with E-state index in [4.69, 9.17) is 9.47 Å². The molecule has 24 heavy (non-hydrogen) atoms. The monoisotopic (exact) mass is 451 g/mol. The third kappa shape index (κ3) is 6.67. The number of rotatable bonds is 6.